The van der Waals surface area contributed by atoms with E-state index in [1.165, 1.54) is 12.1 Å². The van der Waals surface area contributed by atoms with Crippen LogP contribution in [0.4, 0.5) is 4.39 Å². The summed E-state index contributed by atoms with van der Waals surface area (Å²) >= 11 is 0. The molecule has 0 amide bonds. The Hall–Kier alpha value is -1.84. The molecule has 0 saturated heterocycles. The first-order chi connectivity index (χ1) is 7.98. The fourth-order valence-electron chi connectivity index (χ4n) is 2.28. The molecule has 0 unspecified atom stereocenters. The van der Waals surface area contributed by atoms with Crippen molar-refractivity contribution in [3.05, 3.63) is 40.0 Å². The van der Waals surface area contributed by atoms with E-state index in [1.54, 1.807) is 6.07 Å². The average molecular weight is 234 g/mol. The van der Waals surface area contributed by atoms with Crippen molar-refractivity contribution in [1.29, 1.82) is 0 Å². The summed E-state index contributed by atoms with van der Waals surface area (Å²) in [5, 5.41) is 0.354. The second-order valence-electron chi connectivity index (χ2n) is 4.85. The van der Waals surface area contributed by atoms with Gasteiger partial charge in [0, 0.05) is 12.0 Å². The van der Waals surface area contributed by atoms with Crippen molar-refractivity contribution in [1.82, 2.24) is 0 Å². The number of hydrogen-bond acceptors (Lipinski definition) is 3. The predicted octanol–water partition coefficient (Wildman–Crippen LogP) is 2.65. The van der Waals surface area contributed by atoms with Crippen molar-refractivity contribution in [2.75, 3.05) is 0 Å². The van der Waals surface area contributed by atoms with Crippen LogP contribution in [0.15, 0.2) is 27.4 Å². The van der Waals surface area contributed by atoms with Gasteiger partial charge in [0.2, 0.25) is 5.75 Å². The van der Waals surface area contributed by atoms with Crippen LogP contribution in [0.1, 0.15) is 19.4 Å². The lowest BCUT2D eigenvalue weighted by molar-refractivity contribution is 0.134. The molecule has 0 spiro atoms. The summed E-state index contributed by atoms with van der Waals surface area (Å²) in [6.45, 7) is 3.72. The second-order valence-corrected chi connectivity index (χ2v) is 4.85. The van der Waals surface area contributed by atoms with Gasteiger partial charge in [0.1, 0.15) is 17.0 Å². The molecule has 1 aromatic heterocycles. The number of ether oxygens (including phenoxy) is 1. The van der Waals surface area contributed by atoms with E-state index in [1.807, 2.05) is 13.8 Å². The zero-order valence-electron chi connectivity index (χ0n) is 9.54. The summed E-state index contributed by atoms with van der Waals surface area (Å²) in [6, 6.07) is 4.47. The zero-order valence-corrected chi connectivity index (χ0v) is 9.54. The van der Waals surface area contributed by atoms with Gasteiger partial charge in [0.25, 0.3) is 0 Å². The Bertz CT molecular complexity index is 670. The molecule has 17 heavy (non-hydrogen) atoms. The van der Waals surface area contributed by atoms with Crippen molar-refractivity contribution in [2.45, 2.75) is 25.9 Å². The Morgan fingerprint density at radius 1 is 1.35 bits per heavy atom. The van der Waals surface area contributed by atoms with Crippen LogP contribution in [-0.2, 0) is 6.42 Å². The molecule has 0 N–H and O–H groups in total. The fourth-order valence-corrected chi connectivity index (χ4v) is 2.28. The monoisotopic (exact) mass is 234 g/mol. The Morgan fingerprint density at radius 3 is 2.88 bits per heavy atom. The zero-order chi connectivity index (χ0) is 12.2. The van der Waals surface area contributed by atoms with E-state index < -0.39 is 11.2 Å². The van der Waals surface area contributed by atoms with Crippen LogP contribution >= 0.6 is 0 Å². The summed E-state index contributed by atoms with van der Waals surface area (Å²) < 4.78 is 24.4. The molecule has 0 atom stereocenters. The van der Waals surface area contributed by atoms with Crippen LogP contribution in [0.3, 0.4) is 0 Å². The molecule has 0 fully saturated rings. The highest BCUT2D eigenvalue weighted by Crippen LogP contribution is 2.37. The summed E-state index contributed by atoms with van der Waals surface area (Å²) in [7, 11) is 0. The standard InChI is InChI=1S/C13H11FO3/c1-13(2)6-7-10-8(14)4-3-5-9(10)16-12(15)11(7)17-13/h3-5H,6H2,1-2H3. The molecule has 4 heteroatoms. The summed E-state index contributed by atoms with van der Waals surface area (Å²) in [5.74, 6) is -0.239. The van der Waals surface area contributed by atoms with Gasteiger partial charge in [0.15, 0.2) is 0 Å². The Kier molecular flexibility index (Phi) is 1.88. The third-order valence-corrected chi connectivity index (χ3v) is 2.92. The van der Waals surface area contributed by atoms with Crippen LogP contribution in [0.2, 0.25) is 0 Å². The van der Waals surface area contributed by atoms with Gasteiger partial charge in [-0.25, -0.2) is 9.18 Å². The Labute approximate surface area is 96.8 Å². The van der Waals surface area contributed by atoms with Gasteiger partial charge >= 0.3 is 5.63 Å². The first kappa shape index (κ1) is 10.3. The first-order valence-electron chi connectivity index (χ1n) is 5.41. The number of benzene rings is 1. The molecule has 0 aliphatic carbocycles. The minimum Gasteiger partial charge on any atom is -0.480 e. The number of fused-ring (bicyclic) bond motifs is 3. The van der Waals surface area contributed by atoms with Crippen molar-refractivity contribution in [3.8, 4) is 5.75 Å². The van der Waals surface area contributed by atoms with Gasteiger partial charge in [-0.2, -0.15) is 0 Å². The molecule has 1 aliphatic heterocycles. The summed E-state index contributed by atoms with van der Waals surface area (Å²) in [6.07, 6.45) is 0.505. The second kappa shape index (κ2) is 3.09. The molecular weight excluding hydrogens is 223 g/mol. The molecular formula is C13H11FO3. The highest BCUT2D eigenvalue weighted by Gasteiger charge is 2.35. The molecule has 0 radical (unpaired) electrons. The quantitative estimate of drug-likeness (QED) is 0.658. The molecule has 2 heterocycles. The number of halogens is 1. The van der Waals surface area contributed by atoms with Crippen LogP contribution in [0.25, 0.3) is 11.0 Å². The maximum atomic E-state index is 13.8. The summed E-state index contributed by atoms with van der Waals surface area (Å²) in [5.41, 5.74) is -0.147. The van der Waals surface area contributed by atoms with E-state index >= 15 is 0 Å². The lowest BCUT2D eigenvalue weighted by atomic mass is 9.99. The topological polar surface area (TPSA) is 39.4 Å². The third kappa shape index (κ3) is 1.44. The minimum atomic E-state index is -0.538. The van der Waals surface area contributed by atoms with E-state index in [9.17, 15) is 9.18 Å². The molecule has 2 aromatic rings. The lowest BCUT2D eigenvalue weighted by Gasteiger charge is -2.15. The third-order valence-electron chi connectivity index (χ3n) is 2.92. The largest absolute Gasteiger partial charge is 0.480 e. The van der Waals surface area contributed by atoms with E-state index in [0.717, 1.165) is 0 Å². The number of rotatable bonds is 0. The van der Waals surface area contributed by atoms with Gasteiger partial charge in [0.05, 0.1) is 5.39 Å². The lowest BCUT2D eigenvalue weighted by Crippen LogP contribution is -2.25. The molecule has 1 aromatic carbocycles. The van der Waals surface area contributed by atoms with Crippen molar-refractivity contribution in [2.24, 2.45) is 0 Å². The molecule has 0 saturated carbocycles. The van der Waals surface area contributed by atoms with Crippen LogP contribution in [-0.4, -0.2) is 5.60 Å². The maximum Gasteiger partial charge on any atom is 0.379 e. The van der Waals surface area contributed by atoms with E-state index in [0.29, 0.717) is 17.4 Å². The maximum absolute atomic E-state index is 13.8. The van der Waals surface area contributed by atoms with Gasteiger partial charge in [-0.05, 0) is 26.0 Å². The Balaban J connectivity index is 2.44. The first-order valence-corrected chi connectivity index (χ1v) is 5.41. The van der Waals surface area contributed by atoms with Crippen LogP contribution in [0.5, 0.6) is 5.75 Å². The van der Waals surface area contributed by atoms with Crippen LogP contribution in [0, 0.1) is 5.82 Å². The van der Waals surface area contributed by atoms with Crippen molar-refractivity contribution < 1.29 is 13.5 Å². The van der Waals surface area contributed by atoms with Crippen LogP contribution < -0.4 is 10.4 Å². The molecule has 0 bridgehead atoms. The smallest absolute Gasteiger partial charge is 0.379 e. The van der Waals surface area contributed by atoms with E-state index in [2.05, 4.69) is 0 Å². The van der Waals surface area contributed by atoms with Crippen molar-refractivity contribution >= 4 is 11.0 Å². The number of hydrogen-bond donors (Lipinski definition) is 0. The predicted molar refractivity (Wildman–Crippen MR) is 60.9 cm³/mol. The minimum absolute atomic E-state index is 0.146. The van der Waals surface area contributed by atoms with Gasteiger partial charge in [-0.15, -0.1) is 0 Å². The van der Waals surface area contributed by atoms with Gasteiger partial charge in [-0.3, -0.25) is 0 Å². The van der Waals surface area contributed by atoms with Gasteiger partial charge in [-0.1, -0.05) is 6.07 Å². The SMILES string of the molecule is CC1(C)Cc2c(c(=O)oc3cccc(F)c23)O1. The molecule has 1 aliphatic rings. The normalized spacial score (nSPS) is 16.9. The molecule has 88 valence electrons. The summed E-state index contributed by atoms with van der Waals surface area (Å²) in [4.78, 5) is 11.7. The molecule has 3 rings (SSSR count). The average Bonchev–Trinajstić information content (AvgIpc) is 2.54. The Morgan fingerprint density at radius 2 is 2.12 bits per heavy atom. The van der Waals surface area contributed by atoms with E-state index in [-0.39, 0.29) is 17.1 Å². The highest BCUT2D eigenvalue weighted by atomic mass is 19.1. The molecule has 3 nitrogen and oxygen atoms in total. The van der Waals surface area contributed by atoms with Crippen molar-refractivity contribution in [3.63, 3.8) is 0 Å². The van der Waals surface area contributed by atoms with E-state index in [4.69, 9.17) is 9.15 Å². The highest BCUT2D eigenvalue weighted by molar-refractivity contribution is 5.83. The van der Waals surface area contributed by atoms with Gasteiger partial charge < -0.3 is 9.15 Å². The fraction of sp³-hybridized carbons (Fsp3) is 0.308.